The Bertz CT molecular complexity index is 508. The predicted octanol–water partition coefficient (Wildman–Crippen LogP) is 3.84. The Balaban J connectivity index is 2.20. The van der Waals surface area contributed by atoms with Gasteiger partial charge in [0.05, 0.1) is 0 Å². The summed E-state index contributed by atoms with van der Waals surface area (Å²) in [6.07, 6.45) is 0.896. The van der Waals surface area contributed by atoms with Crippen molar-refractivity contribution in [2.75, 3.05) is 0 Å². The number of benzene rings is 2. The number of hydrogen-bond acceptors (Lipinski definition) is 1. The van der Waals surface area contributed by atoms with Crippen LogP contribution in [0.4, 0.5) is 0 Å². The van der Waals surface area contributed by atoms with Crippen LogP contribution in [0.5, 0.6) is 0 Å². The zero-order valence-corrected chi connectivity index (χ0v) is 12.0. The molecular weight excluding hydrogens is 321 g/mol. The van der Waals surface area contributed by atoms with E-state index < -0.39 is 0 Å². The molecule has 1 nitrogen and oxygen atoms in total. The monoisotopic (exact) mass is 337 g/mol. The van der Waals surface area contributed by atoms with Crippen LogP contribution in [0, 0.1) is 10.5 Å². The van der Waals surface area contributed by atoms with E-state index >= 15 is 0 Å². The predicted molar refractivity (Wildman–Crippen MR) is 81.0 cm³/mol. The molecule has 0 fully saturated rings. The lowest BCUT2D eigenvalue weighted by molar-refractivity contribution is 0.715. The molecule has 0 spiro atoms. The summed E-state index contributed by atoms with van der Waals surface area (Å²) in [6, 6.07) is 16.8. The van der Waals surface area contributed by atoms with E-state index in [4.69, 9.17) is 5.73 Å². The fourth-order valence-electron chi connectivity index (χ4n) is 1.96. The van der Waals surface area contributed by atoms with Gasteiger partial charge in [0.15, 0.2) is 0 Å². The van der Waals surface area contributed by atoms with Gasteiger partial charge < -0.3 is 5.73 Å². The molecule has 1 unspecified atom stereocenters. The molecule has 2 heteroatoms. The number of halogens is 1. The SMILES string of the molecule is Cc1ccccc1CC(N)c1ccccc1I. The molecule has 2 aromatic rings. The zero-order chi connectivity index (χ0) is 12.3. The highest BCUT2D eigenvalue weighted by Gasteiger charge is 2.10. The summed E-state index contributed by atoms with van der Waals surface area (Å²) in [5.41, 5.74) is 10.2. The summed E-state index contributed by atoms with van der Waals surface area (Å²) in [7, 11) is 0. The minimum atomic E-state index is 0.0733. The summed E-state index contributed by atoms with van der Waals surface area (Å²) < 4.78 is 1.24. The third kappa shape index (κ3) is 3.07. The molecule has 0 bridgehead atoms. The molecular formula is C15H16IN. The van der Waals surface area contributed by atoms with Gasteiger partial charge in [-0.1, -0.05) is 42.5 Å². The largest absolute Gasteiger partial charge is 0.324 e. The van der Waals surface area contributed by atoms with Gasteiger partial charge >= 0.3 is 0 Å². The fraction of sp³-hybridized carbons (Fsp3) is 0.200. The summed E-state index contributed by atoms with van der Waals surface area (Å²) in [4.78, 5) is 0. The second-order valence-electron chi connectivity index (χ2n) is 4.26. The fourth-order valence-corrected chi connectivity index (χ4v) is 2.75. The van der Waals surface area contributed by atoms with Gasteiger partial charge in [0.2, 0.25) is 0 Å². The molecule has 0 saturated carbocycles. The molecule has 0 aromatic heterocycles. The molecule has 0 aliphatic rings. The Morgan fingerprint density at radius 3 is 2.41 bits per heavy atom. The van der Waals surface area contributed by atoms with Gasteiger partial charge in [-0.05, 0) is 58.7 Å². The standard InChI is InChI=1S/C15H16IN/c1-11-6-2-3-7-12(11)10-15(17)13-8-4-5-9-14(13)16/h2-9,15H,10,17H2,1H3. The highest BCUT2D eigenvalue weighted by atomic mass is 127. The Hall–Kier alpha value is -0.870. The van der Waals surface area contributed by atoms with E-state index in [0.29, 0.717) is 0 Å². The molecule has 88 valence electrons. The normalized spacial score (nSPS) is 12.4. The maximum Gasteiger partial charge on any atom is 0.0346 e. The van der Waals surface area contributed by atoms with Crippen LogP contribution in [0.3, 0.4) is 0 Å². The van der Waals surface area contributed by atoms with Gasteiger partial charge in [0, 0.05) is 9.61 Å². The topological polar surface area (TPSA) is 26.0 Å². The van der Waals surface area contributed by atoms with Crippen molar-refractivity contribution >= 4 is 22.6 Å². The molecule has 0 heterocycles. The highest BCUT2D eigenvalue weighted by Crippen LogP contribution is 2.22. The van der Waals surface area contributed by atoms with Gasteiger partial charge in [-0.2, -0.15) is 0 Å². The summed E-state index contributed by atoms with van der Waals surface area (Å²) >= 11 is 2.35. The van der Waals surface area contributed by atoms with E-state index in [-0.39, 0.29) is 6.04 Å². The average molecular weight is 337 g/mol. The molecule has 2 rings (SSSR count). The van der Waals surface area contributed by atoms with Gasteiger partial charge in [0.25, 0.3) is 0 Å². The van der Waals surface area contributed by atoms with Crippen molar-refractivity contribution in [2.45, 2.75) is 19.4 Å². The summed E-state index contributed by atoms with van der Waals surface area (Å²) in [5.74, 6) is 0. The second kappa shape index (κ2) is 5.65. The van der Waals surface area contributed by atoms with Gasteiger partial charge in [-0.25, -0.2) is 0 Å². The molecule has 2 aromatic carbocycles. The van der Waals surface area contributed by atoms with Crippen LogP contribution in [0.1, 0.15) is 22.7 Å². The van der Waals surface area contributed by atoms with Crippen LogP contribution in [0.25, 0.3) is 0 Å². The van der Waals surface area contributed by atoms with Gasteiger partial charge in [-0.3, -0.25) is 0 Å². The maximum absolute atomic E-state index is 6.29. The van der Waals surface area contributed by atoms with E-state index in [1.54, 1.807) is 0 Å². The van der Waals surface area contributed by atoms with Gasteiger partial charge in [-0.15, -0.1) is 0 Å². The molecule has 17 heavy (non-hydrogen) atoms. The molecule has 0 radical (unpaired) electrons. The van der Waals surface area contributed by atoms with E-state index in [9.17, 15) is 0 Å². The van der Waals surface area contributed by atoms with Crippen molar-refractivity contribution in [1.29, 1.82) is 0 Å². The van der Waals surface area contributed by atoms with Crippen LogP contribution >= 0.6 is 22.6 Å². The average Bonchev–Trinajstić information content (AvgIpc) is 2.32. The van der Waals surface area contributed by atoms with Crippen molar-refractivity contribution in [3.05, 3.63) is 68.8 Å². The van der Waals surface area contributed by atoms with Gasteiger partial charge in [0.1, 0.15) is 0 Å². The number of nitrogens with two attached hydrogens (primary N) is 1. The lowest BCUT2D eigenvalue weighted by atomic mass is 9.97. The molecule has 0 amide bonds. The van der Waals surface area contributed by atoms with Crippen molar-refractivity contribution < 1.29 is 0 Å². The van der Waals surface area contributed by atoms with Crippen LogP contribution in [-0.2, 0) is 6.42 Å². The number of rotatable bonds is 3. The molecule has 0 aliphatic heterocycles. The Labute approximate surface area is 116 Å². The number of aryl methyl sites for hydroxylation is 1. The van der Waals surface area contributed by atoms with Crippen LogP contribution in [0.2, 0.25) is 0 Å². The van der Waals surface area contributed by atoms with E-state index in [2.05, 4.69) is 72.0 Å². The third-order valence-electron chi connectivity index (χ3n) is 3.01. The smallest absolute Gasteiger partial charge is 0.0346 e. The minimum Gasteiger partial charge on any atom is -0.324 e. The Kier molecular flexibility index (Phi) is 4.18. The summed E-state index contributed by atoms with van der Waals surface area (Å²) in [5, 5.41) is 0. The maximum atomic E-state index is 6.29. The van der Waals surface area contributed by atoms with E-state index in [1.165, 1.54) is 20.3 Å². The van der Waals surface area contributed by atoms with Crippen molar-refractivity contribution in [3.8, 4) is 0 Å². The van der Waals surface area contributed by atoms with Crippen LogP contribution < -0.4 is 5.73 Å². The first-order chi connectivity index (χ1) is 8.18. The van der Waals surface area contributed by atoms with Crippen molar-refractivity contribution in [2.24, 2.45) is 5.73 Å². The lowest BCUT2D eigenvalue weighted by Crippen LogP contribution is -2.15. The van der Waals surface area contributed by atoms with Crippen molar-refractivity contribution in [3.63, 3.8) is 0 Å². The first-order valence-electron chi connectivity index (χ1n) is 5.73. The molecule has 0 saturated heterocycles. The zero-order valence-electron chi connectivity index (χ0n) is 9.86. The van der Waals surface area contributed by atoms with Crippen molar-refractivity contribution in [1.82, 2.24) is 0 Å². The van der Waals surface area contributed by atoms with E-state index in [1.807, 2.05) is 6.07 Å². The Morgan fingerprint density at radius 2 is 1.71 bits per heavy atom. The third-order valence-corrected chi connectivity index (χ3v) is 3.99. The number of hydrogen-bond donors (Lipinski definition) is 1. The minimum absolute atomic E-state index is 0.0733. The second-order valence-corrected chi connectivity index (χ2v) is 5.42. The summed E-state index contributed by atoms with van der Waals surface area (Å²) in [6.45, 7) is 2.14. The van der Waals surface area contributed by atoms with Crippen LogP contribution in [0.15, 0.2) is 48.5 Å². The first kappa shape index (κ1) is 12.6. The molecule has 1 atom stereocenters. The molecule has 0 aliphatic carbocycles. The highest BCUT2D eigenvalue weighted by molar-refractivity contribution is 14.1. The first-order valence-corrected chi connectivity index (χ1v) is 6.81. The quantitative estimate of drug-likeness (QED) is 0.846. The van der Waals surface area contributed by atoms with E-state index in [0.717, 1.165) is 6.42 Å². The van der Waals surface area contributed by atoms with Crippen LogP contribution in [-0.4, -0.2) is 0 Å². The lowest BCUT2D eigenvalue weighted by Gasteiger charge is -2.15. The Morgan fingerprint density at radius 1 is 1.06 bits per heavy atom. The molecule has 2 N–H and O–H groups in total.